The van der Waals surface area contributed by atoms with E-state index < -0.39 is 5.82 Å². The predicted molar refractivity (Wildman–Crippen MR) is 87.9 cm³/mol. The molecule has 21 heavy (non-hydrogen) atoms. The first-order chi connectivity index (χ1) is 9.97. The van der Waals surface area contributed by atoms with Crippen LogP contribution in [0.2, 0.25) is 5.02 Å². The van der Waals surface area contributed by atoms with Crippen LogP contribution >= 0.6 is 23.2 Å². The summed E-state index contributed by atoms with van der Waals surface area (Å²) >= 11 is 11.8. The molecule has 0 aliphatic rings. The average Bonchev–Trinajstić information content (AvgIpc) is 2.76. The van der Waals surface area contributed by atoms with Crippen molar-refractivity contribution in [3.8, 4) is 0 Å². The van der Waals surface area contributed by atoms with Crippen molar-refractivity contribution < 1.29 is 4.39 Å². The molecule has 1 aromatic heterocycles. The normalized spacial score (nSPS) is 14.6. The number of halogens is 3. The summed E-state index contributed by atoms with van der Waals surface area (Å²) in [6.45, 7) is 6.60. The molecule has 0 aliphatic carbocycles. The molecule has 2 atom stereocenters. The van der Waals surface area contributed by atoms with E-state index in [2.05, 4.69) is 30.3 Å². The molecule has 0 bridgehead atoms. The van der Waals surface area contributed by atoms with Crippen molar-refractivity contribution in [3.05, 3.63) is 28.8 Å². The number of hydrogen-bond donors (Lipinski definition) is 0. The Morgan fingerprint density at radius 1 is 1.33 bits per heavy atom. The van der Waals surface area contributed by atoms with Crippen LogP contribution in [0.1, 0.15) is 45.5 Å². The van der Waals surface area contributed by atoms with Gasteiger partial charge in [-0.2, -0.15) is 0 Å². The molecule has 1 aromatic carbocycles. The number of hydrogen-bond acceptors (Lipinski definition) is 1. The minimum atomic E-state index is -0.430. The van der Waals surface area contributed by atoms with E-state index in [9.17, 15) is 4.39 Å². The lowest BCUT2D eigenvalue weighted by Gasteiger charge is -2.20. The fraction of sp³-hybridized carbons (Fsp3) is 0.562. The fourth-order valence-electron chi connectivity index (χ4n) is 2.75. The summed E-state index contributed by atoms with van der Waals surface area (Å²) in [7, 11) is 0. The monoisotopic (exact) mass is 330 g/mol. The summed E-state index contributed by atoms with van der Waals surface area (Å²) in [4.78, 5) is 4.54. The van der Waals surface area contributed by atoms with Crippen molar-refractivity contribution in [1.29, 1.82) is 0 Å². The second kappa shape index (κ2) is 6.97. The van der Waals surface area contributed by atoms with Gasteiger partial charge in [0.25, 0.3) is 0 Å². The minimum Gasteiger partial charge on any atom is -0.325 e. The number of rotatable bonds is 6. The van der Waals surface area contributed by atoms with E-state index in [-0.39, 0.29) is 11.1 Å². The quantitative estimate of drug-likeness (QED) is 0.629. The summed E-state index contributed by atoms with van der Waals surface area (Å²) in [5.74, 6) is 1.59. The molecular formula is C16H21Cl2FN2. The van der Waals surface area contributed by atoms with E-state index in [1.165, 1.54) is 6.07 Å². The van der Waals surface area contributed by atoms with Crippen molar-refractivity contribution in [2.45, 2.75) is 46.1 Å². The summed E-state index contributed by atoms with van der Waals surface area (Å²) in [6.07, 6.45) is 2.85. The molecule has 2 unspecified atom stereocenters. The molecule has 0 aliphatic heterocycles. The molecule has 2 nitrogen and oxygen atoms in total. The van der Waals surface area contributed by atoms with Gasteiger partial charge in [0.2, 0.25) is 0 Å². The molecule has 116 valence electrons. The molecule has 1 heterocycles. The van der Waals surface area contributed by atoms with E-state index in [4.69, 9.17) is 23.2 Å². The van der Waals surface area contributed by atoms with Crippen LogP contribution in [0.4, 0.5) is 4.39 Å². The Morgan fingerprint density at radius 3 is 2.67 bits per heavy atom. The molecule has 0 saturated carbocycles. The number of aromatic nitrogens is 2. The van der Waals surface area contributed by atoms with Crippen LogP contribution in [-0.2, 0) is 6.42 Å². The summed E-state index contributed by atoms with van der Waals surface area (Å²) in [6, 6.07) is 3.36. The van der Waals surface area contributed by atoms with Crippen LogP contribution in [0.3, 0.4) is 0 Å². The second-order valence-electron chi connectivity index (χ2n) is 5.69. The first kappa shape index (κ1) is 16.6. The SMILES string of the molecule is CCC(C)CC(C)n1c(CCCl)nc2cc(F)c(Cl)cc21. The maximum Gasteiger partial charge on any atom is 0.144 e. The molecule has 0 N–H and O–H groups in total. The van der Waals surface area contributed by atoms with Gasteiger partial charge in [-0.05, 0) is 25.3 Å². The fourth-order valence-corrected chi connectivity index (χ4v) is 3.07. The maximum absolute atomic E-state index is 13.6. The topological polar surface area (TPSA) is 17.8 Å². The number of alkyl halides is 1. The molecule has 2 rings (SSSR count). The Hall–Kier alpha value is -0.800. The van der Waals surface area contributed by atoms with Gasteiger partial charge in [-0.25, -0.2) is 9.37 Å². The van der Waals surface area contributed by atoms with Crippen molar-refractivity contribution >= 4 is 34.2 Å². The Labute approximate surface area is 135 Å². The third-order valence-electron chi connectivity index (χ3n) is 4.00. The van der Waals surface area contributed by atoms with E-state index in [0.717, 1.165) is 24.2 Å². The lowest BCUT2D eigenvalue weighted by molar-refractivity contribution is 0.397. The van der Waals surface area contributed by atoms with Crippen LogP contribution in [0.5, 0.6) is 0 Å². The predicted octanol–water partition coefficient (Wildman–Crippen LogP) is 5.61. The van der Waals surface area contributed by atoms with Gasteiger partial charge in [-0.1, -0.05) is 31.9 Å². The average molecular weight is 331 g/mol. The number of benzene rings is 1. The van der Waals surface area contributed by atoms with E-state index in [1.807, 2.05) is 0 Å². The van der Waals surface area contributed by atoms with Gasteiger partial charge >= 0.3 is 0 Å². The Balaban J connectivity index is 2.52. The Kier molecular flexibility index (Phi) is 5.50. The molecule has 2 aromatic rings. The van der Waals surface area contributed by atoms with Crippen molar-refractivity contribution in [2.75, 3.05) is 5.88 Å². The molecular weight excluding hydrogens is 310 g/mol. The molecule has 0 fully saturated rings. The van der Waals surface area contributed by atoms with Crippen LogP contribution < -0.4 is 0 Å². The third kappa shape index (κ3) is 3.51. The van der Waals surface area contributed by atoms with Gasteiger partial charge in [-0.15, -0.1) is 11.6 Å². The van der Waals surface area contributed by atoms with E-state index in [0.29, 0.717) is 23.7 Å². The van der Waals surface area contributed by atoms with Crippen molar-refractivity contribution in [3.63, 3.8) is 0 Å². The first-order valence-electron chi connectivity index (χ1n) is 7.39. The number of imidazole rings is 1. The largest absolute Gasteiger partial charge is 0.325 e. The van der Waals surface area contributed by atoms with Crippen LogP contribution in [-0.4, -0.2) is 15.4 Å². The van der Waals surface area contributed by atoms with Crippen LogP contribution in [0, 0.1) is 11.7 Å². The smallest absolute Gasteiger partial charge is 0.144 e. The van der Waals surface area contributed by atoms with Gasteiger partial charge in [0.1, 0.15) is 11.6 Å². The Morgan fingerprint density at radius 2 is 2.05 bits per heavy atom. The highest BCUT2D eigenvalue weighted by molar-refractivity contribution is 6.31. The van der Waals surface area contributed by atoms with Crippen molar-refractivity contribution in [2.24, 2.45) is 5.92 Å². The molecule has 0 radical (unpaired) electrons. The zero-order valence-electron chi connectivity index (χ0n) is 12.7. The van der Waals surface area contributed by atoms with E-state index >= 15 is 0 Å². The lowest BCUT2D eigenvalue weighted by atomic mass is 10.00. The zero-order chi connectivity index (χ0) is 15.6. The standard InChI is InChI=1S/C16H21Cl2FN2/c1-4-10(2)7-11(3)21-15-8-12(18)13(19)9-14(15)20-16(21)5-6-17/h8-11H,4-7H2,1-3H3. The van der Waals surface area contributed by atoms with Gasteiger partial charge in [-0.3, -0.25) is 0 Å². The minimum absolute atomic E-state index is 0.136. The zero-order valence-corrected chi connectivity index (χ0v) is 14.2. The Bertz CT molecular complexity index is 624. The summed E-state index contributed by atoms with van der Waals surface area (Å²) in [5, 5.41) is 0.136. The molecule has 5 heteroatoms. The van der Waals surface area contributed by atoms with Crippen molar-refractivity contribution in [1.82, 2.24) is 9.55 Å². The van der Waals surface area contributed by atoms with Gasteiger partial charge < -0.3 is 4.57 Å². The van der Waals surface area contributed by atoms with Crippen LogP contribution in [0.25, 0.3) is 11.0 Å². The highest BCUT2D eigenvalue weighted by Crippen LogP contribution is 2.30. The third-order valence-corrected chi connectivity index (χ3v) is 4.48. The maximum atomic E-state index is 13.6. The number of aryl methyl sites for hydroxylation is 1. The first-order valence-corrected chi connectivity index (χ1v) is 8.31. The van der Waals surface area contributed by atoms with Gasteiger partial charge in [0.05, 0.1) is 16.1 Å². The highest BCUT2D eigenvalue weighted by Gasteiger charge is 2.18. The lowest BCUT2D eigenvalue weighted by Crippen LogP contribution is -2.13. The number of nitrogens with zero attached hydrogens (tertiary/aromatic N) is 2. The molecule has 0 saturated heterocycles. The van der Waals surface area contributed by atoms with Gasteiger partial charge in [0.15, 0.2) is 0 Å². The second-order valence-corrected chi connectivity index (χ2v) is 6.48. The molecule has 0 spiro atoms. The molecule has 0 amide bonds. The summed E-state index contributed by atoms with van der Waals surface area (Å²) < 4.78 is 15.8. The van der Waals surface area contributed by atoms with E-state index in [1.54, 1.807) is 6.07 Å². The highest BCUT2D eigenvalue weighted by atomic mass is 35.5. The van der Waals surface area contributed by atoms with Crippen LogP contribution in [0.15, 0.2) is 12.1 Å². The van der Waals surface area contributed by atoms with Gasteiger partial charge in [0, 0.05) is 24.4 Å². The summed E-state index contributed by atoms with van der Waals surface area (Å²) in [5.41, 5.74) is 1.53. The number of fused-ring (bicyclic) bond motifs is 1.